The average Bonchev–Trinajstić information content (AvgIpc) is 2.96. The third kappa shape index (κ3) is 3.66. The average molecular weight is 339 g/mol. The van der Waals surface area contributed by atoms with E-state index in [1.807, 2.05) is 18.3 Å². The molecule has 0 saturated carbocycles. The van der Waals surface area contributed by atoms with Gasteiger partial charge in [-0.2, -0.15) is 0 Å². The van der Waals surface area contributed by atoms with Gasteiger partial charge in [0.2, 0.25) is 5.95 Å². The number of anilines is 1. The molecule has 1 aliphatic rings. The van der Waals surface area contributed by atoms with Crippen LogP contribution in [0.5, 0.6) is 0 Å². The Morgan fingerprint density at radius 2 is 2.32 bits per heavy atom. The zero-order valence-electron chi connectivity index (χ0n) is 14.0. The van der Waals surface area contributed by atoms with Crippen LogP contribution >= 0.6 is 0 Å². The summed E-state index contributed by atoms with van der Waals surface area (Å²) in [5, 5.41) is 3.03. The highest BCUT2D eigenvalue weighted by molar-refractivity contribution is 6.02. The summed E-state index contributed by atoms with van der Waals surface area (Å²) in [5.74, 6) is 7.31. The lowest BCUT2D eigenvalue weighted by Gasteiger charge is -2.05. The van der Waals surface area contributed by atoms with Gasteiger partial charge in [0.1, 0.15) is 5.84 Å². The molecule has 0 aromatic carbocycles. The second kappa shape index (κ2) is 7.58. The number of hydrazine groups is 1. The van der Waals surface area contributed by atoms with Crippen molar-refractivity contribution in [3.63, 3.8) is 0 Å². The number of rotatable bonds is 3. The van der Waals surface area contributed by atoms with Gasteiger partial charge in [0.05, 0.1) is 11.4 Å². The van der Waals surface area contributed by atoms with Crippen molar-refractivity contribution < 1.29 is 0 Å². The maximum absolute atomic E-state index is 5.60. The molecule has 3 rings (SSSR count). The Balaban J connectivity index is 1.92. The van der Waals surface area contributed by atoms with E-state index in [9.17, 15) is 0 Å². The molecule has 3 heterocycles. The van der Waals surface area contributed by atoms with E-state index in [4.69, 9.17) is 11.6 Å². The minimum atomic E-state index is 0.448. The van der Waals surface area contributed by atoms with E-state index in [1.165, 1.54) is 6.20 Å². The van der Waals surface area contributed by atoms with E-state index in [2.05, 4.69) is 35.3 Å². The van der Waals surface area contributed by atoms with Gasteiger partial charge in [-0.1, -0.05) is 0 Å². The number of aromatic nitrogens is 3. The van der Waals surface area contributed by atoms with Crippen LogP contribution in [0.25, 0.3) is 11.3 Å². The van der Waals surface area contributed by atoms with Crippen LogP contribution in [-0.4, -0.2) is 39.8 Å². The summed E-state index contributed by atoms with van der Waals surface area (Å²) in [6.07, 6.45) is 7.76. The predicted molar refractivity (Wildman–Crippen MR) is 99.1 cm³/mol. The van der Waals surface area contributed by atoms with E-state index in [0.717, 1.165) is 36.5 Å². The van der Waals surface area contributed by atoms with Crippen LogP contribution in [0.1, 0.15) is 12.1 Å². The summed E-state index contributed by atoms with van der Waals surface area (Å²) in [7, 11) is 1.66. The standard InChI is InChI=1S/C16H21N9/c1-19-14(3-5-17)23-16-21-7-4-12(22-16)11-9-13-15(24-18)20-6-2-8-25(13)10-11/h3-5,7,9-10H,2,6,8,17-18H2,1H3,(H,20,24)(H,19,21,22,23). The molecule has 9 heteroatoms. The lowest BCUT2D eigenvalue weighted by atomic mass is 10.2. The first-order valence-corrected chi connectivity index (χ1v) is 7.92. The molecule has 2 aromatic heterocycles. The van der Waals surface area contributed by atoms with Crippen molar-refractivity contribution in [3.05, 3.63) is 42.5 Å². The fourth-order valence-electron chi connectivity index (χ4n) is 2.62. The molecule has 0 aliphatic carbocycles. The summed E-state index contributed by atoms with van der Waals surface area (Å²) in [4.78, 5) is 17.3. The summed E-state index contributed by atoms with van der Waals surface area (Å²) < 4.78 is 2.13. The van der Waals surface area contributed by atoms with E-state index < -0.39 is 0 Å². The number of hydrogen-bond acceptors (Lipinski definition) is 7. The van der Waals surface area contributed by atoms with Crippen molar-refractivity contribution >= 4 is 17.6 Å². The molecule has 0 atom stereocenters. The quantitative estimate of drug-likeness (QED) is 0.278. The minimum absolute atomic E-state index is 0.448. The van der Waals surface area contributed by atoms with E-state index in [-0.39, 0.29) is 0 Å². The maximum Gasteiger partial charge on any atom is 0.228 e. The fraction of sp³-hybridized carbons (Fsp3) is 0.250. The topological polar surface area (TPSA) is 132 Å². The van der Waals surface area contributed by atoms with Crippen LogP contribution in [0.4, 0.5) is 5.95 Å². The maximum atomic E-state index is 5.60. The molecule has 0 unspecified atom stereocenters. The first-order valence-electron chi connectivity index (χ1n) is 7.92. The number of nitrogens with zero attached hydrogens (tertiary/aromatic N) is 5. The van der Waals surface area contributed by atoms with E-state index in [1.54, 1.807) is 19.3 Å². The zero-order valence-corrected chi connectivity index (χ0v) is 14.0. The second-order valence-corrected chi connectivity index (χ2v) is 5.39. The van der Waals surface area contributed by atoms with Crippen molar-refractivity contribution in [2.45, 2.75) is 13.0 Å². The number of aryl methyl sites for hydroxylation is 1. The van der Waals surface area contributed by atoms with Crippen molar-refractivity contribution in [2.75, 3.05) is 18.9 Å². The van der Waals surface area contributed by atoms with Gasteiger partial charge in [-0.25, -0.2) is 15.8 Å². The lowest BCUT2D eigenvalue weighted by molar-refractivity contribution is 0.663. The Morgan fingerprint density at radius 1 is 1.44 bits per heavy atom. The summed E-state index contributed by atoms with van der Waals surface area (Å²) in [6.45, 7) is 1.64. The third-order valence-corrected chi connectivity index (χ3v) is 3.79. The molecule has 1 aliphatic heterocycles. The van der Waals surface area contributed by atoms with Crippen LogP contribution in [0.15, 0.2) is 46.8 Å². The van der Waals surface area contributed by atoms with Gasteiger partial charge in [0.15, 0.2) is 5.84 Å². The molecular weight excluding hydrogens is 318 g/mol. The van der Waals surface area contributed by atoms with Gasteiger partial charge >= 0.3 is 0 Å². The molecule has 0 saturated heterocycles. The number of aliphatic imine (C=N–C) groups is 2. The van der Waals surface area contributed by atoms with E-state index in [0.29, 0.717) is 17.6 Å². The minimum Gasteiger partial charge on any atom is -0.404 e. The molecule has 6 N–H and O–H groups in total. The lowest BCUT2D eigenvalue weighted by Crippen LogP contribution is -2.32. The summed E-state index contributed by atoms with van der Waals surface area (Å²) in [6, 6.07) is 3.87. The van der Waals surface area contributed by atoms with Crippen LogP contribution in [0.2, 0.25) is 0 Å². The van der Waals surface area contributed by atoms with Crippen molar-refractivity contribution in [1.82, 2.24) is 20.0 Å². The smallest absolute Gasteiger partial charge is 0.228 e. The normalized spacial score (nSPS) is 14.8. The Kier molecular flexibility index (Phi) is 5.05. The SMILES string of the molecule is CN=C(C=CN)Nc1nccc(-c2cc3n(c2)CCCN=C3NN)n1. The molecule has 9 nitrogen and oxygen atoms in total. The highest BCUT2D eigenvalue weighted by Gasteiger charge is 2.15. The van der Waals surface area contributed by atoms with Crippen LogP contribution in [0, 0.1) is 0 Å². The predicted octanol–water partition coefficient (Wildman–Crippen LogP) is 0.471. The second-order valence-electron chi connectivity index (χ2n) is 5.39. The highest BCUT2D eigenvalue weighted by Crippen LogP contribution is 2.22. The molecule has 0 bridgehead atoms. The number of fused-ring (bicyclic) bond motifs is 1. The molecule has 0 fully saturated rings. The molecule has 2 aromatic rings. The monoisotopic (exact) mass is 339 g/mol. The number of nitrogens with one attached hydrogen (secondary N) is 2. The third-order valence-electron chi connectivity index (χ3n) is 3.79. The van der Waals surface area contributed by atoms with Gasteiger partial charge < -0.3 is 21.0 Å². The Morgan fingerprint density at radius 3 is 3.08 bits per heavy atom. The summed E-state index contributed by atoms with van der Waals surface area (Å²) >= 11 is 0. The Bertz CT molecular complexity index is 832. The molecule has 0 spiro atoms. The van der Waals surface area contributed by atoms with Gasteiger partial charge in [-0.05, 0) is 30.8 Å². The number of hydrogen-bond donors (Lipinski definition) is 4. The fourth-order valence-corrected chi connectivity index (χ4v) is 2.62. The molecule has 25 heavy (non-hydrogen) atoms. The molecule has 130 valence electrons. The van der Waals surface area contributed by atoms with Crippen LogP contribution in [-0.2, 0) is 6.54 Å². The zero-order chi connectivity index (χ0) is 17.6. The Hall–Kier alpha value is -3.20. The first kappa shape index (κ1) is 16.7. The van der Waals surface area contributed by atoms with Gasteiger partial charge in [-0.3, -0.25) is 9.98 Å². The summed E-state index contributed by atoms with van der Waals surface area (Å²) in [5.41, 5.74) is 10.8. The number of nitrogens with two attached hydrogens (primary N) is 2. The van der Waals surface area contributed by atoms with Gasteiger partial charge in [0.25, 0.3) is 0 Å². The molecular formula is C16H21N9. The first-order chi connectivity index (χ1) is 12.2. The van der Waals surface area contributed by atoms with Crippen LogP contribution < -0.4 is 22.3 Å². The van der Waals surface area contributed by atoms with Gasteiger partial charge in [0, 0.05) is 38.1 Å². The van der Waals surface area contributed by atoms with Crippen molar-refractivity contribution in [3.8, 4) is 11.3 Å². The van der Waals surface area contributed by atoms with Crippen LogP contribution in [0.3, 0.4) is 0 Å². The van der Waals surface area contributed by atoms with E-state index >= 15 is 0 Å². The van der Waals surface area contributed by atoms with Crippen molar-refractivity contribution in [1.29, 1.82) is 0 Å². The largest absolute Gasteiger partial charge is 0.404 e. The van der Waals surface area contributed by atoms with Gasteiger partial charge in [-0.15, -0.1) is 0 Å². The molecule has 0 radical (unpaired) electrons. The van der Waals surface area contributed by atoms with Crippen molar-refractivity contribution in [2.24, 2.45) is 21.6 Å². The number of amidine groups is 2. The Labute approximate surface area is 145 Å². The highest BCUT2D eigenvalue weighted by atomic mass is 15.3. The molecule has 0 amide bonds.